The molecular formula is C15H22ClNO3S. The molecule has 0 aliphatic carbocycles. The van der Waals surface area contributed by atoms with Gasteiger partial charge >= 0.3 is 0 Å². The first-order valence-electron chi connectivity index (χ1n) is 7.18. The fraction of sp³-hybridized carbons (Fsp3) is 0.600. The lowest BCUT2D eigenvalue weighted by atomic mass is 10.1. The van der Waals surface area contributed by atoms with Crippen LogP contribution in [-0.2, 0) is 21.1 Å². The van der Waals surface area contributed by atoms with E-state index < -0.39 is 9.84 Å². The van der Waals surface area contributed by atoms with Crippen LogP contribution >= 0.6 is 11.6 Å². The molecule has 0 aromatic heterocycles. The smallest absolute Gasteiger partial charge is 0.151 e. The number of sulfone groups is 1. The summed E-state index contributed by atoms with van der Waals surface area (Å²) in [7, 11) is -1.20. The van der Waals surface area contributed by atoms with Crippen LogP contribution in [-0.4, -0.2) is 51.1 Å². The lowest BCUT2D eigenvalue weighted by molar-refractivity contribution is 0.150. The molecule has 0 amide bonds. The SMILES string of the molecule is COCCCN(Cc1ccccc1Cl)C1CCS(=O)(=O)C1. The summed E-state index contributed by atoms with van der Waals surface area (Å²) in [5.74, 6) is 0.547. The van der Waals surface area contributed by atoms with Crippen LogP contribution in [0.15, 0.2) is 24.3 Å². The molecule has 0 N–H and O–H groups in total. The Morgan fingerprint density at radius 2 is 2.14 bits per heavy atom. The molecular weight excluding hydrogens is 310 g/mol. The van der Waals surface area contributed by atoms with Gasteiger partial charge in [0.25, 0.3) is 0 Å². The van der Waals surface area contributed by atoms with Crippen molar-refractivity contribution in [3.05, 3.63) is 34.9 Å². The minimum absolute atomic E-state index is 0.0862. The van der Waals surface area contributed by atoms with Gasteiger partial charge in [0.1, 0.15) is 0 Å². The van der Waals surface area contributed by atoms with Crippen LogP contribution in [0.2, 0.25) is 5.02 Å². The molecule has 1 atom stereocenters. The first-order chi connectivity index (χ1) is 10.0. The molecule has 1 aromatic carbocycles. The lowest BCUT2D eigenvalue weighted by Crippen LogP contribution is -2.37. The van der Waals surface area contributed by atoms with E-state index >= 15 is 0 Å². The summed E-state index contributed by atoms with van der Waals surface area (Å²) < 4.78 is 28.5. The minimum atomic E-state index is -2.88. The molecule has 1 heterocycles. The van der Waals surface area contributed by atoms with Gasteiger partial charge in [0.2, 0.25) is 0 Å². The van der Waals surface area contributed by atoms with E-state index in [-0.39, 0.29) is 11.8 Å². The zero-order valence-electron chi connectivity index (χ0n) is 12.3. The molecule has 4 nitrogen and oxygen atoms in total. The van der Waals surface area contributed by atoms with Crippen LogP contribution in [0.4, 0.5) is 0 Å². The second kappa shape index (κ2) is 7.58. The summed E-state index contributed by atoms with van der Waals surface area (Å²) in [6.07, 6.45) is 1.59. The van der Waals surface area contributed by atoms with Crippen molar-refractivity contribution >= 4 is 21.4 Å². The highest BCUT2D eigenvalue weighted by Crippen LogP contribution is 2.23. The van der Waals surface area contributed by atoms with Crippen LogP contribution in [0.3, 0.4) is 0 Å². The Bertz CT molecular complexity index is 562. The first-order valence-corrected chi connectivity index (χ1v) is 9.38. The molecule has 1 aromatic rings. The van der Waals surface area contributed by atoms with Crippen molar-refractivity contribution in [2.75, 3.05) is 31.8 Å². The van der Waals surface area contributed by atoms with Crippen LogP contribution in [0.1, 0.15) is 18.4 Å². The number of halogens is 1. The summed E-state index contributed by atoms with van der Waals surface area (Å²) in [6.45, 7) is 2.18. The van der Waals surface area contributed by atoms with Crippen molar-refractivity contribution in [2.45, 2.75) is 25.4 Å². The zero-order chi connectivity index (χ0) is 15.3. The normalized spacial score (nSPS) is 21.0. The van der Waals surface area contributed by atoms with E-state index in [1.165, 1.54) is 0 Å². The number of hydrogen-bond donors (Lipinski definition) is 0. The Labute approximate surface area is 132 Å². The standard InChI is InChI=1S/C15H22ClNO3S/c1-20-9-4-8-17(14-7-10-21(18,19)12-14)11-13-5-2-3-6-15(13)16/h2-3,5-6,14H,4,7-12H2,1H3. The molecule has 1 aliphatic rings. The van der Waals surface area contributed by atoms with Crippen molar-refractivity contribution in [1.29, 1.82) is 0 Å². The van der Waals surface area contributed by atoms with Crippen LogP contribution in [0.5, 0.6) is 0 Å². The Morgan fingerprint density at radius 3 is 2.76 bits per heavy atom. The van der Waals surface area contributed by atoms with Gasteiger partial charge in [-0.05, 0) is 24.5 Å². The fourth-order valence-electron chi connectivity index (χ4n) is 2.71. The summed E-state index contributed by atoms with van der Waals surface area (Å²) in [5, 5.41) is 0.732. The van der Waals surface area contributed by atoms with Crippen molar-refractivity contribution in [1.82, 2.24) is 4.90 Å². The second-order valence-corrected chi connectivity index (χ2v) is 8.10. The highest BCUT2D eigenvalue weighted by molar-refractivity contribution is 7.91. The predicted molar refractivity (Wildman–Crippen MR) is 85.4 cm³/mol. The first kappa shape index (κ1) is 16.7. The third kappa shape index (κ3) is 4.95. The molecule has 6 heteroatoms. The van der Waals surface area contributed by atoms with Crippen molar-refractivity contribution in [2.24, 2.45) is 0 Å². The highest BCUT2D eigenvalue weighted by atomic mass is 35.5. The van der Waals surface area contributed by atoms with Gasteiger partial charge in [-0.15, -0.1) is 0 Å². The molecule has 118 valence electrons. The summed E-state index contributed by atoms with van der Waals surface area (Å²) in [6, 6.07) is 7.81. The molecule has 1 saturated heterocycles. The molecule has 0 radical (unpaired) electrons. The summed E-state index contributed by atoms with van der Waals surface area (Å²) in [4.78, 5) is 2.23. The Balaban J connectivity index is 2.07. The van der Waals surface area contributed by atoms with E-state index in [0.29, 0.717) is 25.3 Å². The maximum absolute atomic E-state index is 11.7. The number of nitrogens with zero attached hydrogens (tertiary/aromatic N) is 1. The molecule has 21 heavy (non-hydrogen) atoms. The number of ether oxygens (including phenoxy) is 1. The van der Waals surface area contributed by atoms with Gasteiger partial charge in [-0.3, -0.25) is 4.90 Å². The van der Waals surface area contributed by atoms with E-state index in [4.69, 9.17) is 16.3 Å². The predicted octanol–water partition coefficient (Wildman–Crippen LogP) is 2.37. The van der Waals surface area contributed by atoms with Gasteiger partial charge in [0.05, 0.1) is 11.5 Å². The average Bonchev–Trinajstić information content (AvgIpc) is 2.80. The largest absolute Gasteiger partial charge is 0.385 e. The highest BCUT2D eigenvalue weighted by Gasteiger charge is 2.32. The summed E-state index contributed by atoms with van der Waals surface area (Å²) in [5.41, 5.74) is 1.04. The van der Waals surface area contributed by atoms with Crippen LogP contribution in [0, 0.1) is 0 Å². The number of rotatable bonds is 7. The van der Waals surface area contributed by atoms with Gasteiger partial charge in [-0.1, -0.05) is 29.8 Å². The summed E-state index contributed by atoms with van der Waals surface area (Å²) >= 11 is 6.22. The molecule has 1 unspecified atom stereocenters. The van der Waals surface area contributed by atoms with Gasteiger partial charge in [-0.2, -0.15) is 0 Å². The van der Waals surface area contributed by atoms with E-state index in [1.807, 2.05) is 24.3 Å². The fourth-order valence-corrected chi connectivity index (χ4v) is 4.67. The van der Waals surface area contributed by atoms with Crippen molar-refractivity contribution in [3.63, 3.8) is 0 Å². The third-order valence-electron chi connectivity index (χ3n) is 3.85. The molecule has 2 rings (SSSR count). The van der Waals surface area contributed by atoms with E-state index in [1.54, 1.807) is 7.11 Å². The van der Waals surface area contributed by atoms with Gasteiger partial charge in [-0.25, -0.2) is 8.42 Å². The maximum Gasteiger partial charge on any atom is 0.151 e. The molecule has 1 fully saturated rings. The quantitative estimate of drug-likeness (QED) is 0.720. The topological polar surface area (TPSA) is 46.6 Å². The minimum Gasteiger partial charge on any atom is -0.385 e. The van der Waals surface area contributed by atoms with Crippen LogP contribution < -0.4 is 0 Å². The lowest BCUT2D eigenvalue weighted by Gasteiger charge is -2.28. The Morgan fingerprint density at radius 1 is 1.38 bits per heavy atom. The number of benzene rings is 1. The Hall–Kier alpha value is -0.620. The van der Waals surface area contributed by atoms with Gasteiger partial charge in [0.15, 0.2) is 9.84 Å². The average molecular weight is 332 g/mol. The van der Waals surface area contributed by atoms with E-state index in [2.05, 4.69) is 4.90 Å². The van der Waals surface area contributed by atoms with E-state index in [9.17, 15) is 8.42 Å². The molecule has 0 spiro atoms. The number of methoxy groups -OCH3 is 1. The van der Waals surface area contributed by atoms with E-state index in [0.717, 1.165) is 23.6 Å². The third-order valence-corrected chi connectivity index (χ3v) is 5.97. The van der Waals surface area contributed by atoms with Crippen LogP contribution in [0.25, 0.3) is 0 Å². The van der Waals surface area contributed by atoms with Crippen molar-refractivity contribution < 1.29 is 13.2 Å². The second-order valence-electron chi connectivity index (χ2n) is 5.47. The molecule has 0 bridgehead atoms. The van der Waals surface area contributed by atoms with Gasteiger partial charge in [0, 0.05) is 37.9 Å². The molecule has 1 aliphatic heterocycles. The van der Waals surface area contributed by atoms with Gasteiger partial charge < -0.3 is 4.74 Å². The zero-order valence-corrected chi connectivity index (χ0v) is 13.9. The maximum atomic E-state index is 11.7. The number of hydrogen-bond acceptors (Lipinski definition) is 4. The molecule has 0 saturated carbocycles. The Kier molecular flexibility index (Phi) is 6.05. The monoisotopic (exact) mass is 331 g/mol. The van der Waals surface area contributed by atoms with Crippen molar-refractivity contribution in [3.8, 4) is 0 Å².